The number of nitrogens with zero attached hydrogens (tertiary/aromatic N) is 1. The molecule has 2 aliphatic heterocycles. The molecule has 3 aromatic carbocycles. The second-order valence-electron chi connectivity index (χ2n) is 7.92. The maximum Gasteiger partial charge on any atom is 0.0528 e. The number of rotatable bonds is 3. The van der Waals surface area contributed by atoms with Crippen LogP contribution in [0.5, 0.6) is 0 Å². The van der Waals surface area contributed by atoms with Gasteiger partial charge in [-0.3, -0.25) is 4.90 Å². The van der Waals surface area contributed by atoms with E-state index in [4.69, 9.17) is 12.6 Å². The summed E-state index contributed by atoms with van der Waals surface area (Å²) < 4.78 is 0. The van der Waals surface area contributed by atoms with Crippen molar-refractivity contribution in [1.82, 2.24) is 4.90 Å². The van der Waals surface area contributed by atoms with Crippen molar-refractivity contribution in [2.45, 2.75) is 36.6 Å². The minimum absolute atomic E-state index is 0.0745. The Morgan fingerprint density at radius 1 is 0.889 bits per heavy atom. The molecule has 27 heavy (non-hydrogen) atoms. The molecule has 0 amide bonds. The van der Waals surface area contributed by atoms with Gasteiger partial charge in [-0.15, -0.1) is 0 Å². The number of benzene rings is 3. The van der Waals surface area contributed by atoms with Crippen LogP contribution in [0.2, 0.25) is 0 Å². The minimum Gasteiger partial charge on any atom is -0.297 e. The molecule has 0 N–H and O–H groups in total. The van der Waals surface area contributed by atoms with Crippen molar-refractivity contribution in [3.8, 4) is 0 Å². The molecule has 3 atom stereocenters. The van der Waals surface area contributed by atoms with Crippen LogP contribution in [0.25, 0.3) is 16.3 Å². The molecule has 3 unspecified atom stereocenters. The maximum atomic E-state index is 5.11. The summed E-state index contributed by atoms with van der Waals surface area (Å²) >= 11 is 5.11. The molecule has 2 aliphatic rings. The largest absolute Gasteiger partial charge is 0.297 e. The predicted molar refractivity (Wildman–Crippen MR) is 118 cm³/mol. The lowest BCUT2D eigenvalue weighted by molar-refractivity contribution is 0.264. The highest BCUT2D eigenvalue weighted by molar-refractivity contribution is 7.80. The molecule has 2 bridgehead atoms. The molecule has 3 aromatic rings. The Hall–Kier alpha value is -2.03. The van der Waals surface area contributed by atoms with Crippen LogP contribution in [0, 0.1) is 0 Å². The molecule has 136 valence electrons. The number of hydrogen-bond acceptors (Lipinski definition) is 2. The van der Waals surface area contributed by atoms with Gasteiger partial charge in [0, 0.05) is 12.1 Å². The maximum absolute atomic E-state index is 5.11. The summed E-state index contributed by atoms with van der Waals surface area (Å²) in [5.41, 5.74) is 5.51. The highest BCUT2D eigenvalue weighted by atomic mass is 32.1. The van der Waals surface area contributed by atoms with E-state index in [-0.39, 0.29) is 5.25 Å². The van der Waals surface area contributed by atoms with Crippen LogP contribution in [0.3, 0.4) is 0 Å². The Bertz CT molecular complexity index is 1020. The summed E-state index contributed by atoms with van der Waals surface area (Å²) in [5.74, 6) is 0. The smallest absolute Gasteiger partial charge is 0.0528 e. The van der Waals surface area contributed by atoms with Crippen molar-refractivity contribution in [2.75, 3.05) is 7.05 Å². The van der Waals surface area contributed by atoms with Gasteiger partial charge in [-0.25, -0.2) is 0 Å². The highest BCUT2D eigenvalue weighted by Gasteiger charge is 2.34. The van der Waals surface area contributed by atoms with Gasteiger partial charge >= 0.3 is 0 Å². The van der Waals surface area contributed by atoms with Crippen molar-refractivity contribution in [3.05, 3.63) is 89.5 Å². The van der Waals surface area contributed by atoms with Crippen molar-refractivity contribution in [2.24, 2.45) is 0 Å². The SMILES string of the molecule is CN1C2C=C(c3ccccc3C(S)c3cccc4ccccc34)CC1CC2. The lowest BCUT2D eigenvalue weighted by Crippen LogP contribution is -2.34. The first kappa shape index (κ1) is 17.1. The van der Waals surface area contributed by atoms with E-state index >= 15 is 0 Å². The summed E-state index contributed by atoms with van der Waals surface area (Å²) in [5, 5.41) is 2.65. The Balaban J connectivity index is 1.59. The van der Waals surface area contributed by atoms with Gasteiger partial charge in [0.1, 0.15) is 0 Å². The summed E-state index contributed by atoms with van der Waals surface area (Å²) in [6.07, 6.45) is 6.27. The number of fused-ring (bicyclic) bond motifs is 3. The first-order valence-corrected chi connectivity index (χ1v) is 10.4. The lowest BCUT2D eigenvalue weighted by Gasteiger charge is -2.31. The van der Waals surface area contributed by atoms with Crippen LogP contribution in [-0.2, 0) is 0 Å². The zero-order valence-corrected chi connectivity index (χ0v) is 16.6. The molecule has 0 saturated carbocycles. The van der Waals surface area contributed by atoms with Crippen LogP contribution >= 0.6 is 12.6 Å². The molecule has 0 aliphatic carbocycles. The summed E-state index contributed by atoms with van der Waals surface area (Å²) in [4.78, 5) is 2.55. The van der Waals surface area contributed by atoms with Gasteiger partial charge in [0.05, 0.1) is 5.25 Å². The average Bonchev–Trinajstić information content (AvgIpc) is 2.93. The van der Waals surface area contributed by atoms with Gasteiger partial charge in [-0.1, -0.05) is 72.8 Å². The van der Waals surface area contributed by atoms with Gasteiger partial charge in [-0.05, 0) is 59.3 Å². The van der Waals surface area contributed by atoms with Crippen LogP contribution in [-0.4, -0.2) is 24.0 Å². The third-order valence-electron chi connectivity index (χ3n) is 6.46. The molecule has 0 aromatic heterocycles. The topological polar surface area (TPSA) is 3.24 Å². The van der Waals surface area contributed by atoms with E-state index < -0.39 is 0 Å². The number of hydrogen-bond donors (Lipinski definition) is 1. The first-order valence-electron chi connectivity index (χ1n) is 9.90. The van der Waals surface area contributed by atoms with Crippen LogP contribution in [0.1, 0.15) is 41.2 Å². The second-order valence-corrected chi connectivity index (χ2v) is 8.43. The Kier molecular flexibility index (Phi) is 4.34. The summed E-state index contributed by atoms with van der Waals surface area (Å²) in [7, 11) is 2.28. The first-order chi connectivity index (χ1) is 13.2. The van der Waals surface area contributed by atoms with Crippen LogP contribution in [0.15, 0.2) is 72.8 Å². The molecule has 5 rings (SSSR count). The fourth-order valence-electron chi connectivity index (χ4n) is 4.93. The van der Waals surface area contributed by atoms with Crippen molar-refractivity contribution >= 4 is 29.0 Å². The Labute approximate surface area is 167 Å². The average molecular weight is 372 g/mol. The third-order valence-corrected chi connectivity index (χ3v) is 7.02. The molecular formula is C25H25NS. The van der Waals surface area contributed by atoms with E-state index in [2.05, 4.69) is 84.8 Å². The lowest BCUT2D eigenvalue weighted by atomic mass is 9.88. The molecule has 2 heterocycles. The molecular weight excluding hydrogens is 346 g/mol. The Morgan fingerprint density at radius 3 is 2.52 bits per heavy atom. The van der Waals surface area contributed by atoms with Gasteiger partial charge in [0.2, 0.25) is 0 Å². The van der Waals surface area contributed by atoms with E-state index in [0.29, 0.717) is 12.1 Å². The molecule has 0 radical (unpaired) electrons. The van der Waals surface area contributed by atoms with Crippen molar-refractivity contribution < 1.29 is 0 Å². The van der Waals surface area contributed by atoms with E-state index in [1.165, 1.54) is 45.9 Å². The second kappa shape index (κ2) is 6.85. The van der Waals surface area contributed by atoms with Crippen LogP contribution in [0.4, 0.5) is 0 Å². The monoisotopic (exact) mass is 371 g/mol. The van der Waals surface area contributed by atoms with Gasteiger partial charge < -0.3 is 0 Å². The standard InChI is InChI=1S/C25H25NS/c1-26-19-13-14-20(26)16-18(15-19)22-10-4-5-11-23(22)25(27)24-12-6-8-17-7-2-3-9-21(17)24/h2-12,15,19-20,25,27H,13-14,16H2,1H3. The fourth-order valence-corrected chi connectivity index (χ4v) is 5.38. The van der Waals surface area contributed by atoms with Crippen molar-refractivity contribution in [1.29, 1.82) is 0 Å². The van der Waals surface area contributed by atoms with E-state index in [0.717, 1.165) is 6.42 Å². The van der Waals surface area contributed by atoms with E-state index in [1.807, 2.05) is 0 Å². The summed E-state index contributed by atoms with van der Waals surface area (Å²) in [6, 6.07) is 25.3. The number of thiol groups is 1. The minimum atomic E-state index is 0.0745. The molecule has 1 nitrogen and oxygen atoms in total. The molecule has 1 fully saturated rings. The fraction of sp³-hybridized carbons (Fsp3) is 0.280. The highest BCUT2D eigenvalue weighted by Crippen LogP contribution is 2.42. The van der Waals surface area contributed by atoms with Gasteiger partial charge in [0.15, 0.2) is 0 Å². The zero-order valence-electron chi connectivity index (χ0n) is 15.7. The Morgan fingerprint density at radius 2 is 1.63 bits per heavy atom. The molecule has 0 spiro atoms. The van der Waals surface area contributed by atoms with E-state index in [9.17, 15) is 0 Å². The van der Waals surface area contributed by atoms with Crippen molar-refractivity contribution in [3.63, 3.8) is 0 Å². The summed E-state index contributed by atoms with van der Waals surface area (Å²) in [6.45, 7) is 0. The van der Waals surface area contributed by atoms with E-state index in [1.54, 1.807) is 0 Å². The molecule has 1 saturated heterocycles. The quantitative estimate of drug-likeness (QED) is 0.544. The van der Waals surface area contributed by atoms with Gasteiger partial charge in [-0.2, -0.15) is 12.6 Å². The van der Waals surface area contributed by atoms with Gasteiger partial charge in [0.25, 0.3) is 0 Å². The zero-order chi connectivity index (χ0) is 18.4. The molecule has 2 heteroatoms. The number of likely N-dealkylation sites (N-methyl/N-ethyl adjacent to an activating group) is 1. The third kappa shape index (κ3) is 2.92. The predicted octanol–water partition coefficient (Wildman–Crippen LogP) is 6.11. The normalized spacial score (nSPS) is 23.4. The van der Waals surface area contributed by atoms with Crippen LogP contribution < -0.4 is 0 Å².